The molecule has 130 valence electrons. The van der Waals surface area contributed by atoms with Gasteiger partial charge in [0.25, 0.3) is 0 Å². The van der Waals surface area contributed by atoms with Crippen molar-refractivity contribution >= 4 is 28.6 Å². The Morgan fingerprint density at radius 2 is 2.08 bits per heavy atom. The summed E-state index contributed by atoms with van der Waals surface area (Å²) in [7, 11) is 0. The molecule has 0 saturated carbocycles. The van der Waals surface area contributed by atoms with Gasteiger partial charge in [-0.05, 0) is 12.1 Å². The second-order valence-corrected chi connectivity index (χ2v) is 7.54. The van der Waals surface area contributed by atoms with Crippen molar-refractivity contribution in [2.24, 2.45) is 5.92 Å². The maximum absolute atomic E-state index is 10.4. The number of nitrogens with two attached hydrogens (primary N) is 1. The van der Waals surface area contributed by atoms with Gasteiger partial charge in [-0.15, -0.1) is 11.8 Å². The average Bonchev–Trinajstić information content (AvgIpc) is 3.19. The number of nitrogens with zero attached hydrogens (tertiary/aromatic N) is 3. The minimum absolute atomic E-state index is 0.273. The molecule has 0 radical (unpaired) electrons. The molecule has 0 aliphatic carbocycles. The molecule has 1 aliphatic rings. The number of rotatable bonds is 5. The van der Waals surface area contributed by atoms with Crippen molar-refractivity contribution in [3.05, 3.63) is 48.4 Å². The minimum Gasteiger partial charge on any atom is -0.391 e. The molecule has 1 saturated heterocycles. The summed E-state index contributed by atoms with van der Waals surface area (Å²) in [6.07, 6.45) is 3.14. The molecular formula is C18H21N5OS. The van der Waals surface area contributed by atoms with Crippen LogP contribution in [0.25, 0.3) is 11.0 Å². The first-order chi connectivity index (χ1) is 12.2. The summed E-state index contributed by atoms with van der Waals surface area (Å²) in [5.74, 6) is 1.66. The maximum atomic E-state index is 10.4. The second kappa shape index (κ2) is 7.03. The van der Waals surface area contributed by atoms with Crippen molar-refractivity contribution < 1.29 is 5.11 Å². The Hall–Kier alpha value is -2.09. The summed E-state index contributed by atoms with van der Waals surface area (Å²) in [4.78, 5) is 15.0. The summed E-state index contributed by atoms with van der Waals surface area (Å²) in [5.41, 5.74) is 8.62. The van der Waals surface area contributed by atoms with Crippen LogP contribution < -0.4 is 5.73 Å². The number of aromatic amines is 1. The molecule has 1 aliphatic heterocycles. The summed E-state index contributed by atoms with van der Waals surface area (Å²) in [6, 6.07) is 10.3. The Balaban J connectivity index is 1.40. The highest BCUT2D eigenvalue weighted by Gasteiger charge is 2.31. The number of benzene rings is 1. The third-order valence-corrected chi connectivity index (χ3v) is 5.86. The highest BCUT2D eigenvalue weighted by molar-refractivity contribution is 7.99. The molecular weight excluding hydrogens is 334 g/mol. The van der Waals surface area contributed by atoms with Crippen LogP contribution in [0, 0.1) is 5.92 Å². The number of aromatic nitrogens is 3. The van der Waals surface area contributed by atoms with Gasteiger partial charge in [0.05, 0.1) is 11.6 Å². The fourth-order valence-electron chi connectivity index (χ4n) is 3.33. The standard InChI is InChI=1S/C18H21N5OS/c19-18-17-16(21-11-22-18)12(6-20-17)7-23-8-13(15(24)9-23)10-25-14-4-2-1-3-5-14/h1-6,11,13,15,20,24H,7-10H2,(H2,19,21,22)/t13-,15-/m0/s1. The van der Waals surface area contributed by atoms with Crippen LogP contribution in [0.1, 0.15) is 5.56 Å². The van der Waals surface area contributed by atoms with Crippen LogP contribution >= 0.6 is 11.8 Å². The van der Waals surface area contributed by atoms with E-state index in [4.69, 9.17) is 5.73 Å². The first-order valence-corrected chi connectivity index (χ1v) is 9.34. The Bertz CT molecular complexity index is 853. The van der Waals surface area contributed by atoms with Crippen LogP contribution in [-0.2, 0) is 6.54 Å². The van der Waals surface area contributed by atoms with Crippen LogP contribution in [0.5, 0.6) is 0 Å². The van der Waals surface area contributed by atoms with E-state index in [1.165, 1.54) is 11.2 Å². The van der Waals surface area contributed by atoms with Crippen molar-refractivity contribution in [2.75, 3.05) is 24.6 Å². The third-order valence-electron chi connectivity index (χ3n) is 4.65. The summed E-state index contributed by atoms with van der Waals surface area (Å²) >= 11 is 1.81. The van der Waals surface area contributed by atoms with Crippen molar-refractivity contribution in [2.45, 2.75) is 17.5 Å². The number of hydrogen-bond donors (Lipinski definition) is 3. The van der Waals surface area contributed by atoms with Crippen LogP contribution in [-0.4, -0.2) is 49.9 Å². The lowest BCUT2D eigenvalue weighted by Crippen LogP contribution is -2.21. The van der Waals surface area contributed by atoms with E-state index in [2.05, 4.69) is 32.0 Å². The molecule has 4 rings (SSSR count). The van der Waals surface area contributed by atoms with E-state index in [1.54, 1.807) is 11.8 Å². The molecule has 6 nitrogen and oxygen atoms in total. The van der Waals surface area contributed by atoms with E-state index in [0.29, 0.717) is 12.4 Å². The SMILES string of the molecule is Nc1ncnc2c(CN3C[C@@H](CSc4ccccc4)[C@@H](O)C3)c[nH]c12. The molecule has 0 bridgehead atoms. The van der Waals surface area contributed by atoms with E-state index in [1.807, 2.05) is 24.4 Å². The smallest absolute Gasteiger partial charge is 0.151 e. The van der Waals surface area contributed by atoms with E-state index in [-0.39, 0.29) is 12.0 Å². The lowest BCUT2D eigenvalue weighted by molar-refractivity contribution is 0.149. The number of H-pyrrole nitrogens is 1. The van der Waals surface area contributed by atoms with E-state index >= 15 is 0 Å². The number of aliphatic hydroxyl groups excluding tert-OH is 1. The van der Waals surface area contributed by atoms with Gasteiger partial charge in [0, 0.05) is 48.0 Å². The predicted molar refractivity (Wildman–Crippen MR) is 100 cm³/mol. The Morgan fingerprint density at radius 1 is 1.24 bits per heavy atom. The van der Waals surface area contributed by atoms with E-state index in [9.17, 15) is 5.11 Å². The lowest BCUT2D eigenvalue weighted by Gasteiger charge is -2.15. The molecule has 0 amide bonds. The van der Waals surface area contributed by atoms with E-state index < -0.39 is 0 Å². The number of nitrogen functional groups attached to an aromatic ring is 1. The molecule has 4 N–H and O–H groups in total. The zero-order chi connectivity index (χ0) is 17.2. The first kappa shape index (κ1) is 16.4. The topological polar surface area (TPSA) is 91.1 Å². The molecule has 3 aromatic rings. The number of likely N-dealkylation sites (tertiary alicyclic amines) is 1. The largest absolute Gasteiger partial charge is 0.391 e. The van der Waals surface area contributed by atoms with Crippen molar-refractivity contribution in [3.8, 4) is 0 Å². The minimum atomic E-state index is -0.291. The number of aliphatic hydroxyl groups is 1. The normalized spacial score (nSPS) is 21.2. The Kier molecular flexibility index (Phi) is 4.61. The van der Waals surface area contributed by atoms with Crippen LogP contribution in [0.3, 0.4) is 0 Å². The van der Waals surface area contributed by atoms with Gasteiger partial charge in [0.1, 0.15) is 11.8 Å². The first-order valence-electron chi connectivity index (χ1n) is 8.35. The van der Waals surface area contributed by atoms with Crippen LogP contribution in [0.15, 0.2) is 47.8 Å². The molecule has 7 heteroatoms. The van der Waals surface area contributed by atoms with Gasteiger partial charge in [-0.25, -0.2) is 9.97 Å². The van der Waals surface area contributed by atoms with Crippen LogP contribution in [0.2, 0.25) is 0 Å². The average molecular weight is 355 g/mol. The van der Waals surface area contributed by atoms with Crippen molar-refractivity contribution in [1.82, 2.24) is 19.9 Å². The summed E-state index contributed by atoms with van der Waals surface area (Å²) in [6.45, 7) is 2.32. The van der Waals surface area contributed by atoms with E-state index in [0.717, 1.165) is 35.4 Å². The molecule has 2 aromatic heterocycles. The van der Waals surface area contributed by atoms with Crippen LogP contribution in [0.4, 0.5) is 5.82 Å². The number of nitrogens with one attached hydrogen (secondary N) is 1. The molecule has 1 aromatic carbocycles. The molecule has 0 unspecified atom stereocenters. The molecule has 25 heavy (non-hydrogen) atoms. The maximum Gasteiger partial charge on any atom is 0.151 e. The van der Waals surface area contributed by atoms with Gasteiger partial charge in [-0.1, -0.05) is 18.2 Å². The highest BCUT2D eigenvalue weighted by atomic mass is 32.2. The molecule has 0 spiro atoms. The van der Waals surface area contributed by atoms with Crippen molar-refractivity contribution in [3.63, 3.8) is 0 Å². The van der Waals surface area contributed by atoms with Gasteiger partial charge in [-0.3, -0.25) is 4.90 Å². The summed E-state index contributed by atoms with van der Waals surface area (Å²) in [5, 5.41) is 10.4. The fraction of sp³-hybridized carbons (Fsp3) is 0.333. The monoisotopic (exact) mass is 355 g/mol. The zero-order valence-electron chi connectivity index (χ0n) is 13.8. The Labute approximate surface area is 150 Å². The summed E-state index contributed by atoms with van der Waals surface area (Å²) < 4.78 is 0. The molecule has 3 heterocycles. The second-order valence-electron chi connectivity index (χ2n) is 6.44. The third kappa shape index (κ3) is 3.49. The number of β-amino-alcohol motifs (C(OH)–C–C–N with tert-alkyl or cyclic N) is 1. The lowest BCUT2D eigenvalue weighted by atomic mass is 10.1. The molecule has 1 fully saturated rings. The molecule has 2 atom stereocenters. The van der Waals surface area contributed by atoms with Gasteiger partial charge >= 0.3 is 0 Å². The highest BCUT2D eigenvalue weighted by Crippen LogP contribution is 2.28. The Morgan fingerprint density at radius 3 is 2.92 bits per heavy atom. The van der Waals surface area contributed by atoms with Gasteiger partial charge < -0.3 is 15.8 Å². The quantitative estimate of drug-likeness (QED) is 0.607. The number of anilines is 1. The number of hydrogen-bond acceptors (Lipinski definition) is 6. The fourth-order valence-corrected chi connectivity index (χ4v) is 4.41. The van der Waals surface area contributed by atoms with Gasteiger partial charge in [-0.2, -0.15) is 0 Å². The number of fused-ring (bicyclic) bond motifs is 1. The van der Waals surface area contributed by atoms with Crippen molar-refractivity contribution in [1.29, 1.82) is 0 Å². The van der Waals surface area contributed by atoms with Gasteiger partial charge in [0.15, 0.2) is 5.82 Å². The van der Waals surface area contributed by atoms with Gasteiger partial charge in [0.2, 0.25) is 0 Å². The zero-order valence-corrected chi connectivity index (χ0v) is 14.6. The predicted octanol–water partition coefficient (Wildman–Crippen LogP) is 2.13. The number of thioether (sulfide) groups is 1.